The van der Waals surface area contributed by atoms with Crippen molar-refractivity contribution in [1.82, 2.24) is 4.72 Å². The van der Waals surface area contributed by atoms with Gasteiger partial charge in [-0.25, -0.2) is 21.9 Å². The maximum Gasteiger partial charge on any atom is 0.243 e. The average molecular weight is 284 g/mol. The van der Waals surface area contributed by atoms with Gasteiger partial charge in [0.1, 0.15) is 16.5 Å². The Labute approximate surface area is 104 Å². The van der Waals surface area contributed by atoms with Crippen LogP contribution in [0.15, 0.2) is 23.1 Å². The Hall–Kier alpha value is -0.720. The summed E-state index contributed by atoms with van der Waals surface area (Å²) in [5.41, 5.74) is 0. The third-order valence-corrected chi connectivity index (χ3v) is 4.03. The first kappa shape index (κ1) is 14.3. The van der Waals surface area contributed by atoms with Gasteiger partial charge in [-0.3, -0.25) is 0 Å². The molecule has 7 heteroatoms. The van der Waals surface area contributed by atoms with Gasteiger partial charge >= 0.3 is 0 Å². The van der Waals surface area contributed by atoms with Gasteiger partial charge < -0.3 is 0 Å². The molecule has 1 rings (SSSR count). The molecule has 1 N–H and O–H groups in total. The van der Waals surface area contributed by atoms with Gasteiger partial charge in [-0.2, -0.15) is 0 Å². The second kappa shape index (κ2) is 5.75. The van der Waals surface area contributed by atoms with Gasteiger partial charge in [-0.1, -0.05) is 6.92 Å². The van der Waals surface area contributed by atoms with E-state index in [9.17, 15) is 17.2 Å². The predicted molar refractivity (Wildman–Crippen MR) is 61.4 cm³/mol. The molecule has 1 unspecified atom stereocenters. The first-order valence-electron chi connectivity index (χ1n) is 4.87. The molecule has 0 amide bonds. The van der Waals surface area contributed by atoms with E-state index < -0.39 is 26.6 Å². The molecule has 0 bridgehead atoms. The first-order valence-corrected chi connectivity index (χ1v) is 6.89. The Balaban J connectivity index is 2.93. The maximum atomic E-state index is 13.3. The van der Waals surface area contributed by atoms with Crippen LogP contribution in [0.25, 0.3) is 0 Å². The molecule has 0 aliphatic heterocycles. The molecule has 0 radical (unpaired) electrons. The van der Waals surface area contributed by atoms with E-state index in [1.807, 2.05) is 0 Å². The minimum absolute atomic E-state index is 0.0712. The van der Waals surface area contributed by atoms with Gasteiger partial charge in [0.2, 0.25) is 10.0 Å². The quantitative estimate of drug-likeness (QED) is 0.842. The van der Waals surface area contributed by atoms with Crippen LogP contribution in [0.4, 0.5) is 8.78 Å². The molecule has 0 spiro atoms. The van der Waals surface area contributed by atoms with Crippen molar-refractivity contribution in [3.05, 3.63) is 29.8 Å². The van der Waals surface area contributed by atoms with E-state index in [4.69, 9.17) is 11.6 Å². The Morgan fingerprint density at radius 1 is 1.41 bits per heavy atom. The fraction of sp³-hybridized carbons (Fsp3) is 0.400. The molecule has 0 aliphatic rings. The lowest BCUT2D eigenvalue weighted by molar-refractivity contribution is 0.537. The topological polar surface area (TPSA) is 46.2 Å². The average Bonchev–Trinajstić information content (AvgIpc) is 2.29. The molecule has 0 saturated carbocycles. The standard InChI is InChI=1S/C10H12ClF2NO2S/c1-7(5-11)6-14-17(15,16)10-4-8(12)2-3-9(10)13/h2-4,7,14H,5-6H2,1H3. The van der Waals surface area contributed by atoms with Gasteiger partial charge in [-0.05, 0) is 24.1 Å². The largest absolute Gasteiger partial charge is 0.243 e. The lowest BCUT2D eigenvalue weighted by Gasteiger charge is -2.10. The molecule has 0 aromatic heterocycles. The fourth-order valence-electron chi connectivity index (χ4n) is 1.07. The highest BCUT2D eigenvalue weighted by Gasteiger charge is 2.20. The zero-order valence-corrected chi connectivity index (χ0v) is 10.7. The van der Waals surface area contributed by atoms with Gasteiger partial charge in [0, 0.05) is 12.4 Å². The van der Waals surface area contributed by atoms with Crippen molar-refractivity contribution in [2.45, 2.75) is 11.8 Å². The number of rotatable bonds is 5. The molecule has 1 atom stereocenters. The third kappa shape index (κ3) is 3.90. The summed E-state index contributed by atoms with van der Waals surface area (Å²) >= 11 is 5.51. The zero-order valence-electron chi connectivity index (χ0n) is 9.08. The zero-order chi connectivity index (χ0) is 13.1. The highest BCUT2D eigenvalue weighted by Crippen LogP contribution is 2.15. The number of sulfonamides is 1. The summed E-state index contributed by atoms with van der Waals surface area (Å²) < 4.78 is 51.6. The van der Waals surface area contributed by atoms with Crippen LogP contribution >= 0.6 is 11.6 Å². The Kier molecular flexibility index (Phi) is 4.85. The van der Waals surface area contributed by atoms with E-state index in [1.54, 1.807) is 6.92 Å². The Bertz CT molecular complexity index is 493. The van der Waals surface area contributed by atoms with Crippen molar-refractivity contribution in [3.8, 4) is 0 Å². The number of halogens is 3. The molecule has 0 aliphatic carbocycles. The number of benzene rings is 1. The van der Waals surface area contributed by atoms with Crippen LogP contribution in [0.5, 0.6) is 0 Å². The van der Waals surface area contributed by atoms with E-state index in [-0.39, 0.29) is 18.3 Å². The van der Waals surface area contributed by atoms with Crippen LogP contribution in [0.2, 0.25) is 0 Å². The van der Waals surface area contributed by atoms with Gasteiger partial charge in [0.05, 0.1) is 0 Å². The molecule has 1 aromatic rings. The summed E-state index contributed by atoms with van der Waals surface area (Å²) in [5, 5.41) is 0. The fourth-order valence-corrected chi connectivity index (χ4v) is 2.43. The lowest BCUT2D eigenvalue weighted by Crippen LogP contribution is -2.29. The summed E-state index contributed by atoms with van der Waals surface area (Å²) in [6, 6.07) is 2.27. The normalized spacial score (nSPS) is 13.6. The lowest BCUT2D eigenvalue weighted by atomic mass is 10.2. The highest BCUT2D eigenvalue weighted by molar-refractivity contribution is 7.89. The summed E-state index contributed by atoms with van der Waals surface area (Å²) in [4.78, 5) is -0.695. The molecule has 3 nitrogen and oxygen atoms in total. The molecular formula is C10H12ClF2NO2S. The Morgan fingerprint density at radius 3 is 2.65 bits per heavy atom. The molecule has 17 heavy (non-hydrogen) atoms. The SMILES string of the molecule is CC(CCl)CNS(=O)(=O)c1cc(F)ccc1F. The third-order valence-electron chi connectivity index (χ3n) is 2.07. The Morgan fingerprint density at radius 2 is 2.06 bits per heavy atom. The number of hydrogen-bond acceptors (Lipinski definition) is 2. The molecular weight excluding hydrogens is 272 g/mol. The van der Waals surface area contributed by atoms with Crippen molar-refractivity contribution >= 4 is 21.6 Å². The van der Waals surface area contributed by atoms with Gasteiger partial charge in [-0.15, -0.1) is 11.6 Å². The van der Waals surface area contributed by atoms with Crippen molar-refractivity contribution in [2.75, 3.05) is 12.4 Å². The molecule has 1 aromatic carbocycles. The first-order chi connectivity index (χ1) is 7.86. The van der Waals surface area contributed by atoms with Crippen molar-refractivity contribution in [1.29, 1.82) is 0 Å². The predicted octanol–water partition coefficient (Wildman–Crippen LogP) is 2.12. The smallest absolute Gasteiger partial charge is 0.211 e. The van der Waals surface area contributed by atoms with Crippen molar-refractivity contribution in [2.24, 2.45) is 5.92 Å². The summed E-state index contributed by atoms with van der Waals surface area (Å²) in [6.07, 6.45) is 0. The summed E-state index contributed by atoms with van der Waals surface area (Å²) in [5.74, 6) is -1.62. The van der Waals surface area contributed by atoms with Crippen LogP contribution in [0.1, 0.15) is 6.92 Å². The molecule has 0 fully saturated rings. The molecule has 96 valence electrons. The van der Waals surface area contributed by atoms with E-state index in [0.29, 0.717) is 6.07 Å². The van der Waals surface area contributed by atoms with Crippen LogP contribution in [0.3, 0.4) is 0 Å². The number of alkyl halides is 1. The van der Waals surface area contributed by atoms with Crippen LogP contribution in [-0.4, -0.2) is 20.8 Å². The van der Waals surface area contributed by atoms with Gasteiger partial charge in [0.15, 0.2) is 0 Å². The summed E-state index contributed by atoms with van der Waals surface area (Å²) in [6.45, 7) is 1.80. The maximum absolute atomic E-state index is 13.3. The van der Waals surface area contributed by atoms with E-state index in [1.165, 1.54) is 0 Å². The number of nitrogens with one attached hydrogen (secondary N) is 1. The minimum Gasteiger partial charge on any atom is -0.211 e. The monoisotopic (exact) mass is 283 g/mol. The van der Waals surface area contributed by atoms with E-state index in [0.717, 1.165) is 12.1 Å². The van der Waals surface area contributed by atoms with E-state index >= 15 is 0 Å². The highest BCUT2D eigenvalue weighted by atomic mass is 35.5. The minimum atomic E-state index is -4.04. The van der Waals surface area contributed by atoms with Crippen molar-refractivity contribution < 1.29 is 17.2 Å². The van der Waals surface area contributed by atoms with Crippen LogP contribution < -0.4 is 4.72 Å². The van der Waals surface area contributed by atoms with Crippen LogP contribution in [0, 0.1) is 17.6 Å². The second-order valence-corrected chi connectivity index (χ2v) is 5.73. The second-order valence-electron chi connectivity index (χ2n) is 3.69. The van der Waals surface area contributed by atoms with E-state index in [2.05, 4.69) is 4.72 Å². The molecule has 0 heterocycles. The van der Waals surface area contributed by atoms with Gasteiger partial charge in [0.25, 0.3) is 0 Å². The number of hydrogen-bond donors (Lipinski definition) is 1. The van der Waals surface area contributed by atoms with Crippen molar-refractivity contribution in [3.63, 3.8) is 0 Å². The van der Waals surface area contributed by atoms with Crippen LogP contribution in [-0.2, 0) is 10.0 Å². The molecule has 0 saturated heterocycles. The summed E-state index contributed by atoms with van der Waals surface area (Å²) in [7, 11) is -4.04.